The zero-order valence-corrected chi connectivity index (χ0v) is 11.8. The van der Waals surface area contributed by atoms with E-state index in [9.17, 15) is 13.2 Å². The van der Waals surface area contributed by atoms with Crippen LogP contribution in [0.5, 0.6) is 5.75 Å². The predicted octanol–water partition coefficient (Wildman–Crippen LogP) is 4.24. The summed E-state index contributed by atoms with van der Waals surface area (Å²) in [5, 5.41) is 0. The monoisotopic (exact) mass is 345 g/mol. The van der Waals surface area contributed by atoms with Gasteiger partial charge in [0.1, 0.15) is 11.6 Å². The standard InChI is InChI=1S/C14H11BrF3NO/c15-11-7-9(4-5-12(11)16)13(19)8-2-1-3-10(6-8)20-14(17)18/h1-7,13-14H,19H2. The maximum absolute atomic E-state index is 13.2. The van der Waals surface area contributed by atoms with Crippen LogP contribution in [0.3, 0.4) is 0 Å². The van der Waals surface area contributed by atoms with Gasteiger partial charge in [-0.25, -0.2) is 4.39 Å². The van der Waals surface area contributed by atoms with Gasteiger partial charge in [-0.05, 0) is 51.3 Å². The third-order valence-electron chi connectivity index (χ3n) is 2.75. The zero-order chi connectivity index (χ0) is 14.7. The minimum Gasteiger partial charge on any atom is -0.435 e. The molecule has 0 heterocycles. The van der Waals surface area contributed by atoms with Crippen molar-refractivity contribution in [2.45, 2.75) is 12.7 Å². The molecule has 2 aromatic carbocycles. The fourth-order valence-electron chi connectivity index (χ4n) is 1.78. The molecule has 0 aliphatic heterocycles. The lowest BCUT2D eigenvalue weighted by Gasteiger charge is -2.14. The maximum Gasteiger partial charge on any atom is 0.387 e. The normalized spacial score (nSPS) is 12.5. The lowest BCUT2D eigenvalue weighted by atomic mass is 9.99. The van der Waals surface area contributed by atoms with E-state index in [4.69, 9.17) is 5.73 Å². The van der Waals surface area contributed by atoms with E-state index in [1.165, 1.54) is 18.2 Å². The van der Waals surface area contributed by atoms with Gasteiger partial charge in [0.05, 0.1) is 10.5 Å². The molecule has 2 nitrogen and oxygen atoms in total. The van der Waals surface area contributed by atoms with Crippen LogP contribution in [-0.4, -0.2) is 6.61 Å². The van der Waals surface area contributed by atoms with Gasteiger partial charge in [-0.3, -0.25) is 0 Å². The van der Waals surface area contributed by atoms with E-state index in [1.54, 1.807) is 24.3 Å². The van der Waals surface area contributed by atoms with Gasteiger partial charge in [-0.15, -0.1) is 0 Å². The SMILES string of the molecule is NC(c1cccc(OC(F)F)c1)c1ccc(F)c(Br)c1. The van der Waals surface area contributed by atoms with Crippen molar-refractivity contribution in [2.75, 3.05) is 0 Å². The first kappa shape index (κ1) is 14.9. The van der Waals surface area contributed by atoms with Crippen molar-refractivity contribution in [3.8, 4) is 5.75 Å². The number of halogens is 4. The van der Waals surface area contributed by atoms with E-state index >= 15 is 0 Å². The van der Waals surface area contributed by atoms with Gasteiger partial charge >= 0.3 is 6.61 Å². The third-order valence-corrected chi connectivity index (χ3v) is 3.35. The minimum atomic E-state index is -2.89. The van der Waals surface area contributed by atoms with E-state index in [0.717, 1.165) is 0 Å². The first-order chi connectivity index (χ1) is 9.47. The Balaban J connectivity index is 2.28. The Morgan fingerprint density at radius 3 is 2.40 bits per heavy atom. The van der Waals surface area contributed by atoms with Crippen LogP contribution in [-0.2, 0) is 0 Å². The van der Waals surface area contributed by atoms with Gasteiger partial charge in [0, 0.05) is 0 Å². The number of rotatable bonds is 4. The molecule has 0 aromatic heterocycles. The van der Waals surface area contributed by atoms with Crippen LogP contribution >= 0.6 is 15.9 Å². The first-order valence-corrected chi connectivity index (χ1v) is 6.52. The molecular weight excluding hydrogens is 335 g/mol. The number of nitrogens with two attached hydrogens (primary N) is 1. The van der Waals surface area contributed by atoms with E-state index in [0.29, 0.717) is 15.6 Å². The van der Waals surface area contributed by atoms with E-state index < -0.39 is 18.5 Å². The summed E-state index contributed by atoms with van der Waals surface area (Å²) in [6, 6.07) is 9.96. The molecule has 106 valence electrons. The second kappa shape index (κ2) is 6.28. The van der Waals surface area contributed by atoms with Crippen LogP contribution in [0.15, 0.2) is 46.9 Å². The molecular formula is C14H11BrF3NO. The average molecular weight is 346 g/mol. The lowest BCUT2D eigenvalue weighted by Crippen LogP contribution is -2.12. The third kappa shape index (κ3) is 3.52. The number of hydrogen-bond donors (Lipinski definition) is 1. The molecule has 0 fully saturated rings. The summed E-state index contributed by atoms with van der Waals surface area (Å²) in [5.74, 6) is -0.357. The number of ether oxygens (including phenoxy) is 1. The molecule has 0 aliphatic carbocycles. The quantitative estimate of drug-likeness (QED) is 0.899. The molecule has 2 N–H and O–H groups in total. The van der Waals surface area contributed by atoms with Gasteiger partial charge in [0.15, 0.2) is 0 Å². The molecule has 2 rings (SSSR count). The highest BCUT2D eigenvalue weighted by atomic mass is 79.9. The molecule has 0 bridgehead atoms. The molecule has 0 radical (unpaired) electrons. The van der Waals surface area contributed by atoms with E-state index in [1.807, 2.05) is 0 Å². The topological polar surface area (TPSA) is 35.2 Å². The van der Waals surface area contributed by atoms with Crippen molar-refractivity contribution in [2.24, 2.45) is 5.73 Å². The second-order valence-electron chi connectivity index (χ2n) is 4.10. The summed E-state index contributed by atoms with van der Waals surface area (Å²) < 4.78 is 42.1. The second-order valence-corrected chi connectivity index (χ2v) is 4.96. The molecule has 1 unspecified atom stereocenters. The summed E-state index contributed by atoms with van der Waals surface area (Å²) in [6.45, 7) is -2.89. The first-order valence-electron chi connectivity index (χ1n) is 5.72. The van der Waals surface area contributed by atoms with E-state index in [2.05, 4.69) is 20.7 Å². The van der Waals surface area contributed by atoms with Crippen molar-refractivity contribution in [1.29, 1.82) is 0 Å². The number of benzene rings is 2. The molecule has 0 saturated heterocycles. The fraction of sp³-hybridized carbons (Fsp3) is 0.143. The van der Waals surface area contributed by atoms with Crippen LogP contribution in [0.2, 0.25) is 0 Å². The van der Waals surface area contributed by atoms with Gasteiger partial charge in [0.2, 0.25) is 0 Å². The molecule has 0 amide bonds. The number of alkyl halides is 2. The Kier molecular flexibility index (Phi) is 4.67. The molecule has 20 heavy (non-hydrogen) atoms. The Labute approximate surface area is 122 Å². The Bertz CT molecular complexity index is 607. The van der Waals surface area contributed by atoms with Crippen molar-refractivity contribution in [3.63, 3.8) is 0 Å². The Hall–Kier alpha value is -1.53. The largest absolute Gasteiger partial charge is 0.435 e. The summed E-state index contributed by atoms with van der Waals surface area (Å²) in [6.07, 6.45) is 0. The van der Waals surface area contributed by atoms with Gasteiger partial charge in [-0.2, -0.15) is 8.78 Å². The van der Waals surface area contributed by atoms with E-state index in [-0.39, 0.29) is 5.75 Å². The smallest absolute Gasteiger partial charge is 0.387 e. The summed E-state index contributed by atoms with van der Waals surface area (Å²) in [5.41, 5.74) is 7.31. The maximum atomic E-state index is 13.2. The molecule has 6 heteroatoms. The van der Waals surface area contributed by atoms with Crippen molar-refractivity contribution >= 4 is 15.9 Å². The molecule has 0 spiro atoms. The Morgan fingerprint density at radius 1 is 1.05 bits per heavy atom. The number of hydrogen-bond acceptors (Lipinski definition) is 2. The summed E-state index contributed by atoms with van der Waals surface area (Å²) in [4.78, 5) is 0. The highest BCUT2D eigenvalue weighted by molar-refractivity contribution is 9.10. The lowest BCUT2D eigenvalue weighted by molar-refractivity contribution is -0.0498. The van der Waals surface area contributed by atoms with Crippen molar-refractivity contribution in [1.82, 2.24) is 0 Å². The molecule has 0 saturated carbocycles. The van der Waals surface area contributed by atoms with Crippen LogP contribution in [0.4, 0.5) is 13.2 Å². The van der Waals surface area contributed by atoms with Crippen LogP contribution < -0.4 is 10.5 Å². The van der Waals surface area contributed by atoms with Crippen LogP contribution in [0, 0.1) is 5.82 Å². The summed E-state index contributed by atoms with van der Waals surface area (Å²) in [7, 11) is 0. The zero-order valence-electron chi connectivity index (χ0n) is 10.2. The van der Waals surface area contributed by atoms with Gasteiger partial charge in [0.25, 0.3) is 0 Å². The highest BCUT2D eigenvalue weighted by Gasteiger charge is 2.13. The van der Waals surface area contributed by atoms with Crippen molar-refractivity contribution < 1.29 is 17.9 Å². The van der Waals surface area contributed by atoms with Gasteiger partial charge < -0.3 is 10.5 Å². The van der Waals surface area contributed by atoms with Crippen LogP contribution in [0.1, 0.15) is 17.2 Å². The minimum absolute atomic E-state index is 0.0362. The summed E-state index contributed by atoms with van der Waals surface area (Å²) >= 11 is 3.08. The Morgan fingerprint density at radius 2 is 1.75 bits per heavy atom. The highest BCUT2D eigenvalue weighted by Crippen LogP contribution is 2.27. The predicted molar refractivity (Wildman–Crippen MR) is 73.2 cm³/mol. The van der Waals surface area contributed by atoms with Gasteiger partial charge in [-0.1, -0.05) is 18.2 Å². The molecule has 1 atom stereocenters. The molecule has 2 aromatic rings. The fourth-order valence-corrected chi connectivity index (χ4v) is 2.18. The average Bonchev–Trinajstić information content (AvgIpc) is 2.40. The van der Waals surface area contributed by atoms with Crippen LogP contribution in [0.25, 0.3) is 0 Å². The van der Waals surface area contributed by atoms with Crippen molar-refractivity contribution in [3.05, 3.63) is 63.9 Å². The molecule has 0 aliphatic rings.